The third-order valence-corrected chi connectivity index (χ3v) is 4.20. The lowest BCUT2D eigenvalue weighted by Crippen LogP contribution is -2.41. The van der Waals surface area contributed by atoms with Crippen LogP contribution in [-0.4, -0.2) is 38.9 Å². The van der Waals surface area contributed by atoms with E-state index in [1.807, 2.05) is 0 Å². The van der Waals surface area contributed by atoms with Gasteiger partial charge in [-0.1, -0.05) is 12.1 Å². The number of H-pyrrole nitrogens is 1. The Hall–Kier alpha value is -3.95. The third-order valence-electron chi connectivity index (χ3n) is 4.20. The molecule has 0 bridgehead atoms. The second-order valence-corrected chi connectivity index (χ2v) is 6.13. The minimum Gasteiger partial charge on any atom is -0.461 e. The van der Waals surface area contributed by atoms with E-state index in [0.717, 1.165) is 0 Å². The Bertz CT molecular complexity index is 1030. The van der Waals surface area contributed by atoms with Gasteiger partial charge in [-0.15, -0.1) is 5.10 Å². The summed E-state index contributed by atoms with van der Waals surface area (Å²) in [6.45, 7) is 0. The number of aromatic nitrogens is 3. The predicted molar refractivity (Wildman–Crippen MR) is 98.3 cm³/mol. The number of hydrogen-bond acceptors (Lipinski definition) is 6. The predicted octanol–water partition coefficient (Wildman–Crippen LogP) is 1.53. The van der Waals surface area contributed by atoms with Crippen molar-refractivity contribution in [1.82, 2.24) is 20.5 Å². The number of anilines is 2. The molecule has 0 aliphatic carbocycles. The van der Waals surface area contributed by atoms with Gasteiger partial charge in [0.15, 0.2) is 11.6 Å². The van der Waals surface area contributed by atoms with E-state index in [2.05, 4.69) is 31.1 Å². The van der Waals surface area contributed by atoms with Crippen molar-refractivity contribution in [2.24, 2.45) is 0 Å². The van der Waals surface area contributed by atoms with Crippen molar-refractivity contribution in [3.63, 3.8) is 0 Å². The summed E-state index contributed by atoms with van der Waals surface area (Å²) >= 11 is 0. The Morgan fingerprint density at radius 1 is 1.18 bits per heavy atom. The van der Waals surface area contributed by atoms with Crippen LogP contribution in [-0.2, 0) is 9.59 Å². The molecule has 0 saturated carbocycles. The number of carbonyl (C=O) groups is 3. The van der Waals surface area contributed by atoms with Gasteiger partial charge in [0.05, 0.1) is 17.5 Å². The topological polar surface area (TPSA) is 142 Å². The van der Waals surface area contributed by atoms with Crippen LogP contribution in [0.2, 0.25) is 0 Å². The van der Waals surface area contributed by atoms with E-state index >= 15 is 0 Å². The van der Waals surface area contributed by atoms with Crippen LogP contribution in [0.25, 0.3) is 11.6 Å². The van der Waals surface area contributed by atoms with Crippen LogP contribution < -0.4 is 16.0 Å². The lowest BCUT2D eigenvalue weighted by Gasteiger charge is -2.13. The number of fused-ring (bicyclic) bond motifs is 1. The van der Waals surface area contributed by atoms with Crippen LogP contribution in [0.3, 0.4) is 0 Å². The van der Waals surface area contributed by atoms with Crippen molar-refractivity contribution in [3.05, 3.63) is 48.2 Å². The van der Waals surface area contributed by atoms with E-state index in [0.29, 0.717) is 22.8 Å². The first-order chi connectivity index (χ1) is 13.6. The standard InChI is InChI=1S/C18H16N6O4/c25-14(21-18-22-15(23-24-18)13-6-3-9-28-13)8-7-12-17(27)19-11-5-2-1-4-10(11)16(26)20-12/h1-6,9,12H,7-8H2,(H,19,27)(H,20,26)(H2,21,22,23,24,25). The molecule has 142 valence electrons. The van der Waals surface area contributed by atoms with Gasteiger partial charge < -0.3 is 15.1 Å². The lowest BCUT2D eigenvalue weighted by molar-refractivity contribution is -0.118. The van der Waals surface area contributed by atoms with E-state index < -0.39 is 6.04 Å². The summed E-state index contributed by atoms with van der Waals surface area (Å²) in [5.74, 6) is -0.147. The number of hydrogen-bond donors (Lipinski definition) is 4. The number of nitrogens with zero attached hydrogens (tertiary/aromatic N) is 2. The van der Waals surface area contributed by atoms with E-state index in [1.165, 1.54) is 6.26 Å². The highest BCUT2D eigenvalue weighted by atomic mass is 16.3. The SMILES string of the molecule is O=C(CCC1NC(=O)c2ccccc2NC1=O)Nc1n[nH]c(-c2ccco2)n1. The molecule has 2 aromatic heterocycles. The monoisotopic (exact) mass is 380 g/mol. The van der Waals surface area contributed by atoms with Gasteiger partial charge in [-0.2, -0.15) is 4.98 Å². The fraction of sp³-hybridized carbons (Fsp3) is 0.167. The maximum Gasteiger partial charge on any atom is 0.254 e. The van der Waals surface area contributed by atoms with Gasteiger partial charge in [0, 0.05) is 6.42 Å². The van der Waals surface area contributed by atoms with Gasteiger partial charge in [0.1, 0.15) is 6.04 Å². The maximum absolute atomic E-state index is 12.3. The Morgan fingerprint density at radius 2 is 2.04 bits per heavy atom. The van der Waals surface area contributed by atoms with Crippen molar-refractivity contribution in [2.45, 2.75) is 18.9 Å². The molecule has 10 nitrogen and oxygen atoms in total. The van der Waals surface area contributed by atoms with E-state index in [-0.39, 0.29) is 36.5 Å². The number of nitrogens with one attached hydrogen (secondary N) is 4. The van der Waals surface area contributed by atoms with Gasteiger partial charge in [-0.05, 0) is 30.7 Å². The Labute approximate surface area is 158 Å². The molecule has 3 aromatic rings. The van der Waals surface area contributed by atoms with E-state index in [9.17, 15) is 14.4 Å². The molecule has 10 heteroatoms. The van der Waals surface area contributed by atoms with Gasteiger partial charge in [-0.3, -0.25) is 24.8 Å². The second-order valence-electron chi connectivity index (χ2n) is 6.13. The Kier molecular flexibility index (Phi) is 4.58. The first-order valence-corrected chi connectivity index (χ1v) is 8.57. The molecule has 1 aliphatic rings. The first-order valence-electron chi connectivity index (χ1n) is 8.57. The number of furan rings is 1. The lowest BCUT2D eigenvalue weighted by atomic mass is 10.1. The molecule has 1 aliphatic heterocycles. The molecule has 0 radical (unpaired) electrons. The average molecular weight is 380 g/mol. The zero-order valence-electron chi connectivity index (χ0n) is 14.6. The second kappa shape index (κ2) is 7.35. The number of para-hydroxylation sites is 1. The van der Waals surface area contributed by atoms with Crippen LogP contribution in [0.1, 0.15) is 23.2 Å². The first kappa shape index (κ1) is 17.5. The van der Waals surface area contributed by atoms with Gasteiger partial charge in [0.25, 0.3) is 5.91 Å². The average Bonchev–Trinajstić information content (AvgIpc) is 3.34. The van der Waals surface area contributed by atoms with Crippen molar-refractivity contribution < 1.29 is 18.8 Å². The molecular weight excluding hydrogens is 364 g/mol. The zero-order chi connectivity index (χ0) is 19.5. The largest absolute Gasteiger partial charge is 0.461 e. The van der Waals surface area contributed by atoms with Crippen LogP contribution in [0, 0.1) is 0 Å². The fourth-order valence-electron chi connectivity index (χ4n) is 2.82. The van der Waals surface area contributed by atoms with Gasteiger partial charge in [-0.25, -0.2) is 0 Å². The van der Waals surface area contributed by atoms with E-state index in [4.69, 9.17) is 4.42 Å². The molecule has 1 unspecified atom stereocenters. The number of aromatic amines is 1. The highest BCUT2D eigenvalue weighted by Crippen LogP contribution is 2.19. The summed E-state index contributed by atoms with van der Waals surface area (Å²) in [4.78, 5) is 40.9. The highest BCUT2D eigenvalue weighted by molar-refractivity contribution is 6.09. The minimum atomic E-state index is -0.823. The summed E-state index contributed by atoms with van der Waals surface area (Å²) in [6.07, 6.45) is 1.63. The molecule has 28 heavy (non-hydrogen) atoms. The molecular formula is C18H16N6O4. The summed E-state index contributed by atoms with van der Waals surface area (Å²) in [5.41, 5.74) is 0.831. The molecule has 0 spiro atoms. The molecule has 3 amide bonds. The summed E-state index contributed by atoms with van der Waals surface area (Å²) in [7, 11) is 0. The van der Waals surface area contributed by atoms with Crippen LogP contribution >= 0.6 is 0 Å². The smallest absolute Gasteiger partial charge is 0.254 e. The Balaban J connectivity index is 1.35. The zero-order valence-corrected chi connectivity index (χ0v) is 14.6. The molecule has 4 N–H and O–H groups in total. The Morgan fingerprint density at radius 3 is 2.86 bits per heavy atom. The van der Waals surface area contributed by atoms with Crippen LogP contribution in [0.15, 0.2) is 47.1 Å². The molecule has 4 rings (SSSR count). The fourth-order valence-corrected chi connectivity index (χ4v) is 2.82. The molecule has 0 fully saturated rings. The maximum atomic E-state index is 12.3. The molecule has 3 heterocycles. The van der Waals surface area contributed by atoms with Crippen molar-refractivity contribution in [1.29, 1.82) is 0 Å². The van der Waals surface area contributed by atoms with Crippen LogP contribution in [0.4, 0.5) is 11.6 Å². The molecule has 0 saturated heterocycles. The molecule has 1 aromatic carbocycles. The minimum absolute atomic E-state index is 0.000658. The van der Waals surface area contributed by atoms with Crippen LogP contribution in [0.5, 0.6) is 0 Å². The van der Waals surface area contributed by atoms with Gasteiger partial charge in [0.2, 0.25) is 17.8 Å². The molecule has 1 atom stereocenters. The summed E-state index contributed by atoms with van der Waals surface area (Å²) in [5, 5.41) is 14.4. The number of amides is 3. The number of carbonyl (C=O) groups excluding carboxylic acids is 3. The quantitative estimate of drug-likeness (QED) is 0.529. The highest BCUT2D eigenvalue weighted by Gasteiger charge is 2.28. The van der Waals surface area contributed by atoms with E-state index in [1.54, 1.807) is 36.4 Å². The number of benzene rings is 1. The summed E-state index contributed by atoms with van der Waals surface area (Å²) < 4.78 is 5.19. The van der Waals surface area contributed by atoms with Crippen molar-refractivity contribution in [3.8, 4) is 11.6 Å². The third kappa shape index (κ3) is 3.61. The summed E-state index contributed by atoms with van der Waals surface area (Å²) in [6, 6.07) is 9.32. The van der Waals surface area contributed by atoms with Crippen molar-refractivity contribution in [2.75, 3.05) is 10.6 Å². The normalized spacial score (nSPS) is 15.9. The van der Waals surface area contributed by atoms with Gasteiger partial charge >= 0.3 is 0 Å². The number of rotatable bonds is 5. The van der Waals surface area contributed by atoms with Crippen molar-refractivity contribution >= 4 is 29.4 Å².